The normalized spacial score (nSPS) is 10.7. The van der Waals surface area contributed by atoms with Crippen molar-refractivity contribution in [2.45, 2.75) is 20.8 Å². The summed E-state index contributed by atoms with van der Waals surface area (Å²) >= 11 is 1.26. The third-order valence-electron chi connectivity index (χ3n) is 3.35. The SMILES string of the molecule is Cc1ccc(O)c(NC(=O)c2sc(-c3ccc(C)o3)nc2C)c1. The van der Waals surface area contributed by atoms with Crippen LogP contribution in [0, 0.1) is 20.8 Å². The molecule has 0 aliphatic carbocycles. The van der Waals surface area contributed by atoms with Crippen LogP contribution in [0.3, 0.4) is 0 Å². The zero-order valence-corrected chi connectivity index (χ0v) is 13.8. The van der Waals surface area contributed by atoms with Gasteiger partial charge in [-0.05, 0) is 50.6 Å². The Labute approximate surface area is 137 Å². The number of aromatic nitrogens is 1. The molecule has 5 nitrogen and oxygen atoms in total. The summed E-state index contributed by atoms with van der Waals surface area (Å²) < 4.78 is 5.55. The van der Waals surface area contributed by atoms with Crippen LogP contribution < -0.4 is 5.32 Å². The average Bonchev–Trinajstić information content (AvgIpc) is 3.09. The molecule has 3 rings (SSSR count). The topological polar surface area (TPSA) is 75.4 Å². The standard InChI is InChI=1S/C17H16N2O3S/c1-9-4-6-13(20)12(8-9)19-16(21)15-11(3)18-17(23-15)14-7-5-10(2)22-14/h4-8,20H,1-3H3,(H,19,21). The summed E-state index contributed by atoms with van der Waals surface area (Å²) in [5.41, 5.74) is 1.97. The maximum atomic E-state index is 12.5. The number of amides is 1. The van der Waals surface area contributed by atoms with Crippen molar-refractivity contribution in [3.05, 3.63) is 52.2 Å². The van der Waals surface area contributed by atoms with E-state index in [1.807, 2.05) is 26.0 Å². The summed E-state index contributed by atoms with van der Waals surface area (Å²) in [7, 11) is 0. The number of rotatable bonds is 3. The number of aryl methyl sites for hydroxylation is 3. The highest BCUT2D eigenvalue weighted by Crippen LogP contribution is 2.31. The molecular weight excluding hydrogens is 312 g/mol. The van der Waals surface area contributed by atoms with Gasteiger partial charge in [-0.2, -0.15) is 0 Å². The Morgan fingerprint density at radius 2 is 2.00 bits per heavy atom. The Balaban J connectivity index is 1.88. The number of anilines is 1. The summed E-state index contributed by atoms with van der Waals surface area (Å²) in [6, 6.07) is 8.75. The second kappa shape index (κ2) is 5.89. The molecule has 0 radical (unpaired) electrons. The monoisotopic (exact) mass is 328 g/mol. The van der Waals surface area contributed by atoms with Gasteiger partial charge in [-0.15, -0.1) is 11.3 Å². The Morgan fingerprint density at radius 1 is 1.22 bits per heavy atom. The second-order valence-corrected chi connectivity index (χ2v) is 6.32. The molecule has 0 bridgehead atoms. The molecule has 2 aromatic heterocycles. The van der Waals surface area contributed by atoms with Crippen molar-refractivity contribution in [3.63, 3.8) is 0 Å². The van der Waals surface area contributed by atoms with Crippen molar-refractivity contribution in [1.29, 1.82) is 0 Å². The van der Waals surface area contributed by atoms with Gasteiger partial charge in [0.25, 0.3) is 5.91 Å². The number of aromatic hydroxyl groups is 1. The lowest BCUT2D eigenvalue weighted by molar-refractivity contribution is 0.102. The van der Waals surface area contributed by atoms with E-state index in [1.54, 1.807) is 25.1 Å². The van der Waals surface area contributed by atoms with Crippen LogP contribution in [-0.2, 0) is 0 Å². The third-order valence-corrected chi connectivity index (χ3v) is 4.52. The highest BCUT2D eigenvalue weighted by molar-refractivity contribution is 7.17. The lowest BCUT2D eigenvalue weighted by Gasteiger charge is -2.07. The Bertz CT molecular complexity index is 880. The first-order chi connectivity index (χ1) is 10.9. The van der Waals surface area contributed by atoms with Crippen LogP contribution in [-0.4, -0.2) is 16.0 Å². The van der Waals surface area contributed by atoms with Crippen LogP contribution >= 0.6 is 11.3 Å². The van der Waals surface area contributed by atoms with Crippen molar-refractivity contribution in [3.8, 4) is 16.5 Å². The predicted molar refractivity (Wildman–Crippen MR) is 90.1 cm³/mol. The van der Waals surface area contributed by atoms with Crippen molar-refractivity contribution < 1.29 is 14.3 Å². The maximum Gasteiger partial charge on any atom is 0.267 e. The Hall–Kier alpha value is -2.60. The molecule has 23 heavy (non-hydrogen) atoms. The Kier molecular flexibility index (Phi) is 3.92. The van der Waals surface area contributed by atoms with Gasteiger partial charge in [-0.1, -0.05) is 6.07 Å². The van der Waals surface area contributed by atoms with Crippen LogP contribution in [0.15, 0.2) is 34.7 Å². The van der Waals surface area contributed by atoms with Gasteiger partial charge >= 0.3 is 0 Å². The molecule has 6 heteroatoms. The number of carbonyl (C=O) groups excluding carboxylic acids is 1. The van der Waals surface area contributed by atoms with Gasteiger partial charge in [0.15, 0.2) is 10.8 Å². The molecular formula is C17H16N2O3S. The zero-order valence-electron chi connectivity index (χ0n) is 13.0. The molecule has 0 saturated carbocycles. The molecule has 118 valence electrons. The van der Waals surface area contributed by atoms with Gasteiger partial charge < -0.3 is 14.8 Å². The van der Waals surface area contributed by atoms with E-state index in [-0.39, 0.29) is 11.7 Å². The average molecular weight is 328 g/mol. The van der Waals surface area contributed by atoms with E-state index in [9.17, 15) is 9.90 Å². The summed E-state index contributed by atoms with van der Waals surface area (Å²) in [5.74, 6) is 1.18. The summed E-state index contributed by atoms with van der Waals surface area (Å²) in [6.07, 6.45) is 0. The molecule has 0 unspecified atom stereocenters. The quantitative estimate of drug-likeness (QED) is 0.703. The lowest BCUT2D eigenvalue weighted by atomic mass is 10.2. The number of hydrogen-bond donors (Lipinski definition) is 2. The maximum absolute atomic E-state index is 12.5. The number of nitrogens with one attached hydrogen (secondary N) is 1. The van der Waals surface area contributed by atoms with Crippen molar-refractivity contribution in [2.24, 2.45) is 0 Å². The fraction of sp³-hybridized carbons (Fsp3) is 0.176. The third kappa shape index (κ3) is 3.12. The number of thiazole rings is 1. The van der Waals surface area contributed by atoms with Gasteiger partial charge in [-0.3, -0.25) is 4.79 Å². The minimum Gasteiger partial charge on any atom is -0.506 e. The van der Waals surface area contributed by atoms with Crippen LogP contribution in [0.2, 0.25) is 0 Å². The van der Waals surface area contributed by atoms with E-state index in [0.717, 1.165) is 11.3 Å². The lowest BCUT2D eigenvalue weighted by Crippen LogP contribution is -2.11. The molecule has 0 saturated heterocycles. The van der Waals surface area contributed by atoms with Gasteiger partial charge in [0, 0.05) is 0 Å². The highest BCUT2D eigenvalue weighted by atomic mass is 32.1. The number of phenols is 1. The largest absolute Gasteiger partial charge is 0.506 e. The first-order valence-corrected chi connectivity index (χ1v) is 7.91. The second-order valence-electron chi connectivity index (χ2n) is 5.32. The van der Waals surface area contributed by atoms with Crippen molar-refractivity contribution >= 4 is 22.9 Å². The molecule has 0 fully saturated rings. The van der Waals surface area contributed by atoms with E-state index in [1.165, 1.54) is 11.3 Å². The van der Waals surface area contributed by atoms with E-state index in [2.05, 4.69) is 10.3 Å². The molecule has 1 amide bonds. The summed E-state index contributed by atoms with van der Waals surface area (Å²) in [5, 5.41) is 13.2. The van der Waals surface area contributed by atoms with Crippen LogP contribution in [0.4, 0.5) is 5.69 Å². The molecule has 1 aromatic carbocycles. The molecule has 2 heterocycles. The zero-order chi connectivity index (χ0) is 16.6. The number of phenolic OH excluding ortho intramolecular Hbond substituents is 1. The summed E-state index contributed by atoms with van der Waals surface area (Å²) in [6.45, 7) is 5.53. The number of furan rings is 1. The van der Waals surface area contributed by atoms with E-state index < -0.39 is 0 Å². The van der Waals surface area contributed by atoms with Gasteiger partial charge in [0.05, 0.1) is 11.4 Å². The number of hydrogen-bond acceptors (Lipinski definition) is 5. The van der Waals surface area contributed by atoms with E-state index in [4.69, 9.17) is 4.42 Å². The summed E-state index contributed by atoms with van der Waals surface area (Å²) in [4.78, 5) is 17.4. The van der Waals surface area contributed by atoms with Crippen molar-refractivity contribution in [2.75, 3.05) is 5.32 Å². The molecule has 3 aromatic rings. The molecule has 2 N–H and O–H groups in total. The number of benzene rings is 1. The molecule has 0 atom stereocenters. The van der Waals surface area contributed by atoms with E-state index >= 15 is 0 Å². The van der Waals surface area contributed by atoms with Crippen LogP contribution in [0.1, 0.15) is 26.7 Å². The minimum atomic E-state index is -0.296. The fourth-order valence-electron chi connectivity index (χ4n) is 2.19. The van der Waals surface area contributed by atoms with Gasteiger partial charge in [-0.25, -0.2) is 4.98 Å². The van der Waals surface area contributed by atoms with E-state index in [0.29, 0.717) is 27.0 Å². The smallest absolute Gasteiger partial charge is 0.267 e. The first kappa shape index (κ1) is 15.3. The van der Waals surface area contributed by atoms with Gasteiger partial charge in [0.2, 0.25) is 0 Å². The molecule has 0 spiro atoms. The Morgan fingerprint density at radius 3 is 2.70 bits per heavy atom. The molecule has 0 aliphatic rings. The van der Waals surface area contributed by atoms with Crippen LogP contribution in [0.5, 0.6) is 5.75 Å². The van der Waals surface area contributed by atoms with Gasteiger partial charge in [0.1, 0.15) is 16.4 Å². The highest BCUT2D eigenvalue weighted by Gasteiger charge is 2.18. The minimum absolute atomic E-state index is 0.0352. The number of carbonyl (C=O) groups is 1. The first-order valence-electron chi connectivity index (χ1n) is 7.09. The predicted octanol–water partition coefficient (Wildman–Crippen LogP) is 4.29. The van der Waals surface area contributed by atoms with Crippen LogP contribution in [0.25, 0.3) is 10.8 Å². The fourth-order valence-corrected chi connectivity index (χ4v) is 3.11. The van der Waals surface area contributed by atoms with Crippen molar-refractivity contribution in [1.82, 2.24) is 4.98 Å². The number of nitrogens with zero attached hydrogens (tertiary/aromatic N) is 1. The molecule has 0 aliphatic heterocycles.